The second kappa shape index (κ2) is 7.29. The molecule has 2 amide bonds. The quantitative estimate of drug-likeness (QED) is 0.674. The van der Waals surface area contributed by atoms with E-state index in [2.05, 4.69) is 15.0 Å². The fraction of sp³-hybridized carbons (Fsp3) is 0.190. The second-order valence-electron chi connectivity index (χ2n) is 7.17. The van der Waals surface area contributed by atoms with E-state index >= 15 is 0 Å². The van der Waals surface area contributed by atoms with Gasteiger partial charge in [0.15, 0.2) is 0 Å². The van der Waals surface area contributed by atoms with Gasteiger partial charge in [-0.1, -0.05) is 19.1 Å². The molecule has 0 saturated heterocycles. The summed E-state index contributed by atoms with van der Waals surface area (Å²) in [5.41, 5.74) is 0.739. The van der Waals surface area contributed by atoms with Crippen LogP contribution in [0.25, 0.3) is 10.8 Å². The lowest BCUT2D eigenvalue weighted by Gasteiger charge is -2.10. The first-order chi connectivity index (χ1) is 13.8. The van der Waals surface area contributed by atoms with Crippen molar-refractivity contribution in [2.75, 3.05) is 5.32 Å². The van der Waals surface area contributed by atoms with Crippen molar-refractivity contribution in [2.24, 2.45) is 11.8 Å². The normalized spacial score (nSPS) is 18.2. The summed E-state index contributed by atoms with van der Waals surface area (Å²) in [5, 5.41) is 3.94. The van der Waals surface area contributed by atoms with Gasteiger partial charge in [0.2, 0.25) is 5.91 Å². The monoisotopic (exact) mass is 409 g/mol. The highest BCUT2D eigenvalue weighted by Crippen LogP contribution is 2.38. The molecule has 1 aromatic heterocycles. The topological polar surface area (TPSA) is 105 Å². The first-order valence-corrected chi connectivity index (χ1v) is 10.6. The van der Waals surface area contributed by atoms with E-state index in [1.807, 2.05) is 6.92 Å². The van der Waals surface area contributed by atoms with Crippen LogP contribution in [-0.4, -0.2) is 25.2 Å². The zero-order valence-corrected chi connectivity index (χ0v) is 16.4. The highest BCUT2D eigenvalue weighted by molar-refractivity contribution is 7.90. The number of hydrogen-bond acceptors (Lipinski definition) is 5. The summed E-state index contributed by atoms with van der Waals surface area (Å²) in [5.74, 6) is -0.346. The number of carbonyl (C=O) groups is 2. The number of sulfonamides is 1. The molecule has 0 aliphatic heterocycles. The van der Waals surface area contributed by atoms with Gasteiger partial charge in [-0.15, -0.1) is 0 Å². The zero-order valence-electron chi connectivity index (χ0n) is 15.6. The van der Waals surface area contributed by atoms with Gasteiger partial charge in [0.05, 0.1) is 4.90 Å². The Balaban J connectivity index is 1.50. The third kappa shape index (κ3) is 3.97. The average Bonchev–Trinajstić information content (AvgIpc) is 3.44. The van der Waals surface area contributed by atoms with Crippen molar-refractivity contribution in [1.82, 2.24) is 9.71 Å². The van der Waals surface area contributed by atoms with Crippen molar-refractivity contribution in [1.29, 1.82) is 0 Å². The lowest BCUT2D eigenvalue weighted by atomic mass is 10.2. The smallest absolute Gasteiger partial charge is 0.264 e. The van der Waals surface area contributed by atoms with E-state index in [0.717, 1.165) is 6.42 Å². The van der Waals surface area contributed by atoms with Crippen LogP contribution in [0.1, 0.15) is 23.7 Å². The highest BCUT2D eigenvalue weighted by Gasteiger charge is 2.39. The molecule has 1 fully saturated rings. The number of nitrogens with one attached hydrogen (secondary N) is 2. The van der Waals surface area contributed by atoms with Crippen molar-refractivity contribution in [2.45, 2.75) is 18.2 Å². The summed E-state index contributed by atoms with van der Waals surface area (Å²) in [6.45, 7) is 2.02. The minimum absolute atomic E-state index is 0.00758. The Hall–Kier alpha value is -3.26. The van der Waals surface area contributed by atoms with Gasteiger partial charge in [-0.25, -0.2) is 13.1 Å². The minimum Gasteiger partial charge on any atom is -0.326 e. The molecule has 29 heavy (non-hydrogen) atoms. The predicted octanol–water partition coefficient (Wildman–Crippen LogP) is 2.95. The molecule has 1 aliphatic carbocycles. The number of amides is 2. The van der Waals surface area contributed by atoms with Gasteiger partial charge in [0, 0.05) is 40.3 Å². The van der Waals surface area contributed by atoms with Gasteiger partial charge >= 0.3 is 0 Å². The molecule has 1 heterocycles. The molecule has 2 unspecified atom stereocenters. The van der Waals surface area contributed by atoms with Crippen molar-refractivity contribution in [3.8, 4) is 0 Å². The number of hydrogen-bond donors (Lipinski definition) is 2. The first-order valence-electron chi connectivity index (χ1n) is 9.16. The summed E-state index contributed by atoms with van der Waals surface area (Å²) < 4.78 is 27.6. The van der Waals surface area contributed by atoms with E-state index in [4.69, 9.17) is 0 Å². The SMILES string of the molecule is CC1CC1C(=O)Nc1ccc(C(=O)NS(=O)(=O)c2cccc3cnccc23)cc1. The molecule has 4 rings (SSSR count). The van der Waals surface area contributed by atoms with Crippen molar-refractivity contribution in [3.05, 3.63) is 66.5 Å². The second-order valence-corrected chi connectivity index (χ2v) is 8.82. The van der Waals surface area contributed by atoms with Gasteiger partial charge < -0.3 is 5.32 Å². The van der Waals surface area contributed by atoms with Gasteiger partial charge in [0.25, 0.3) is 15.9 Å². The van der Waals surface area contributed by atoms with Crippen LogP contribution in [0.4, 0.5) is 5.69 Å². The Morgan fingerprint density at radius 3 is 2.48 bits per heavy atom. The number of rotatable bonds is 5. The Kier molecular flexibility index (Phi) is 4.79. The molecule has 0 bridgehead atoms. The Morgan fingerprint density at radius 2 is 1.79 bits per heavy atom. The lowest BCUT2D eigenvalue weighted by molar-refractivity contribution is -0.117. The molecule has 2 atom stereocenters. The molecule has 3 aromatic rings. The molecular weight excluding hydrogens is 390 g/mol. The van der Waals surface area contributed by atoms with Crippen LogP contribution in [0.5, 0.6) is 0 Å². The molecule has 0 spiro atoms. The van der Waals surface area contributed by atoms with E-state index in [0.29, 0.717) is 22.4 Å². The van der Waals surface area contributed by atoms with Crippen LogP contribution in [0.3, 0.4) is 0 Å². The van der Waals surface area contributed by atoms with Gasteiger partial charge in [-0.2, -0.15) is 0 Å². The number of anilines is 1. The average molecular weight is 409 g/mol. The maximum Gasteiger partial charge on any atom is 0.264 e. The first kappa shape index (κ1) is 19.1. The molecule has 2 aromatic carbocycles. The predicted molar refractivity (Wildman–Crippen MR) is 109 cm³/mol. The fourth-order valence-corrected chi connectivity index (χ4v) is 4.40. The van der Waals surface area contributed by atoms with Crippen molar-refractivity contribution in [3.63, 3.8) is 0 Å². The van der Waals surface area contributed by atoms with Crippen LogP contribution in [0, 0.1) is 11.8 Å². The van der Waals surface area contributed by atoms with Crippen LogP contribution in [-0.2, 0) is 14.8 Å². The van der Waals surface area contributed by atoms with Gasteiger partial charge in [0.1, 0.15) is 0 Å². The number of carbonyl (C=O) groups excluding carboxylic acids is 2. The van der Waals surface area contributed by atoms with Gasteiger partial charge in [-0.3, -0.25) is 14.6 Å². The van der Waals surface area contributed by atoms with Crippen LogP contribution < -0.4 is 10.0 Å². The van der Waals surface area contributed by atoms with E-state index in [-0.39, 0.29) is 22.3 Å². The Bertz CT molecular complexity index is 1200. The molecular formula is C21H19N3O4S. The highest BCUT2D eigenvalue weighted by atomic mass is 32.2. The molecule has 0 radical (unpaired) electrons. The summed E-state index contributed by atoms with van der Waals surface area (Å²) in [6, 6.07) is 12.5. The lowest BCUT2D eigenvalue weighted by Crippen LogP contribution is -2.30. The number of benzene rings is 2. The molecule has 148 valence electrons. The number of pyridine rings is 1. The molecule has 1 aliphatic rings. The maximum absolute atomic E-state index is 12.7. The maximum atomic E-state index is 12.7. The summed E-state index contributed by atoms with van der Waals surface area (Å²) in [7, 11) is -4.07. The molecule has 8 heteroatoms. The fourth-order valence-electron chi connectivity index (χ4n) is 3.19. The van der Waals surface area contributed by atoms with Crippen molar-refractivity contribution < 1.29 is 18.0 Å². The molecule has 7 nitrogen and oxygen atoms in total. The van der Waals surface area contributed by atoms with E-state index in [9.17, 15) is 18.0 Å². The zero-order chi connectivity index (χ0) is 20.6. The number of aromatic nitrogens is 1. The van der Waals surface area contributed by atoms with Gasteiger partial charge in [-0.05, 0) is 48.7 Å². The minimum atomic E-state index is -4.07. The van der Waals surface area contributed by atoms with Crippen molar-refractivity contribution >= 4 is 38.3 Å². The largest absolute Gasteiger partial charge is 0.326 e. The Labute approximate surface area is 168 Å². The standard InChI is InChI=1S/C21H19N3O4S/c1-13-11-18(13)21(26)23-16-7-5-14(6-8-16)20(25)24-29(27,28)19-4-2-3-15-12-22-10-9-17(15)19/h2-10,12-13,18H,11H2,1H3,(H,23,26)(H,24,25). The summed E-state index contributed by atoms with van der Waals surface area (Å²) >= 11 is 0. The van der Waals surface area contributed by atoms with Crippen LogP contribution >= 0.6 is 0 Å². The summed E-state index contributed by atoms with van der Waals surface area (Å²) in [4.78, 5) is 28.4. The van der Waals surface area contributed by atoms with Crippen LogP contribution in [0.2, 0.25) is 0 Å². The Morgan fingerprint density at radius 1 is 1.07 bits per heavy atom. The van der Waals surface area contributed by atoms with E-state index < -0.39 is 15.9 Å². The summed E-state index contributed by atoms with van der Waals surface area (Å²) in [6.07, 6.45) is 3.94. The van der Waals surface area contributed by atoms with E-state index in [1.54, 1.807) is 36.5 Å². The number of fused-ring (bicyclic) bond motifs is 1. The number of nitrogens with zero attached hydrogens (tertiary/aromatic N) is 1. The van der Waals surface area contributed by atoms with E-state index in [1.165, 1.54) is 24.4 Å². The van der Waals surface area contributed by atoms with Crippen LogP contribution in [0.15, 0.2) is 65.8 Å². The third-order valence-corrected chi connectivity index (χ3v) is 6.41. The molecule has 2 N–H and O–H groups in total. The molecule has 1 saturated carbocycles. The third-order valence-electron chi connectivity index (χ3n) is 5.02.